The molecule has 0 saturated heterocycles. The van der Waals surface area contributed by atoms with E-state index < -0.39 is 12.0 Å². The molecule has 1 aliphatic heterocycles. The van der Waals surface area contributed by atoms with Crippen molar-refractivity contribution in [3.05, 3.63) is 22.8 Å². The number of fused-ring (bicyclic) bond motifs is 1. The monoisotopic (exact) mass is 378 g/mol. The molecule has 0 unspecified atom stereocenters. The van der Waals surface area contributed by atoms with Crippen LogP contribution in [0.3, 0.4) is 0 Å². The third-order valence-corrected chi connectivity index (χ3v) is 5.16. The van der Waals surface area contributed by atoms with Crippen molar-refractivity contribution >= 4 is 23.6 Å². The summed E-state index contributed by atoms with van der Waals surface area (Å²) in [6.07, 6.45) is 1.37. The molecule has 1 aliphatic rings. The van der Waals surface area contributed by atoms with Crippen LogP contribution in [0.15, 0.2) is 6.07 Å². The number of phenols is 1. The summed E-state index contributed by atoms with van der Waals surface area (Å²) < 4.78 is 10.6. The first-order chi connectivity index (χ1) is 12.5. The number of ether oxygens (including phenoxy) is 2. The molecule has 1 aromatic rings. The van der Waals surface area contributed by atoms with E-state index in [1.54, 1.807) is 6.92 Å². The van der Waals surface area contributed by atoms with Crippen molar-refractivity contribution in [1.29, 1.82) is 5.26 Å². The summed E-state index contributed by atoms with van der Waals surface area (Å²) in [5.74, 6) is 0.286. The first-order valence-electron chi connectivity index (χ1n) is 8.31. The van der Waals surface area contributed by atoms with Crippen molar-refractivity contribution in [2.24, 2.45) is 0 Å². The molecule has 0 fully saturated rings. The maximum atomic E-state index is 12.6. The fourth-order valence-electron chi connectivity index (χ4n) is 2.71. The molecule has 0 aliphatic carbocycles. The Balaban J connectivity index is 2.35. The summed E-state index contributed by atoms with van der Waals surface area (Å²) >= 11 is 1.35. The largest absolute Gasteiger partial charge is 0.507 e. The number of nitrogens with one attached hydrogen (secondary N) is 1. The first kappa shape index (κ1) is 19.9. The molecule has 7 nitrogen and oxygen atoms in total. The molecule has 0 saturated carbocycles. The van der Waals surface area contributed by atoms with E-state index in [-0.39, 0.29) is 24.7 Å². The molecule has 1 atom stereocenters. The third kappa shape index (κ3) is 4.82. The van der Waals surface area contributed by atoms with Crippen molar-refractivity contribution in [2.75, 3.05) is 19.5 Å². The normalized spacial score (nSPS) is 19.3. The molecule has 0 radical (unpaired) electrons. The molecular formula is C18H22N2O5S. The Hall–Kier alpha value is -2.40. The molecule has 8 heteroatoms. The van der Waals surface area contributed by atoms with Gasteiger partial charge < -0.3 is 19.9 Å². The number of nitrogens with zero attached hydrogens (tertiary/aromatic N) is 1. The highest BCUT2D eigenvalue weighted by Crippen LogP contribution is 2.35. The van der Waals surface area contributed by atoms with Crippen LogP contribution in [-0.2, 0) is 15.3 Å². The van der Waals surface area contributed by atoms with Crippen LogP contribution in [0.4, 0.5) is 0 Å². The number of benzene rings is 1. The molecule has 0 aromatic heterocycles. The minimum Gasteiger partial charge on any atom is -0.507 e. The van der Waals surface area contributed by atoms with Gasteiger partial charge in [-0.25, -0.2) is 4.79 Å². The van der Waals surface area contributed by atoms with Crippen molar-refractivity contribution in [2.45, 2.75) is 38.0 Å². The lowest BCUT2D eigenvalue weighted by atomic mass is 10.0. The highest BCUT2D eigenvalue weighted by molar-refractivity contribution is 7.98. The van der Waals surface area contributed by atoms with Gasteiger partial charge in [0.25, 0.3) is 0 Å². The number of methoxy groups -OCH3 is 1. The smallest absolute Gasteiger partial charge is 0.338 e. The van der Waals surface area contributed by atoms with Gasteiger partial charge in [0.1, 0.15) is 17.5 Å². The Bertz CT molecular complexity index is 729. The summed E-state index contributed by atoms with van der Waals surface area (Å²) in [6, 6.07) is 2.91. The fourth-order valence-corrected chi connectivity index (χ4v) is 3.72. The maximum absolute atomic E-state index is 12.6. The van der Waals surface area contributed by atoms with Crippen molar-refractivity contribution in [1.82, 2.24) is 5.32 Å². The summed E-state index contributed by atoms with van der Waals surface area (Å²) in [4.78, 5) is 24.4. The summed E-state index contributed by atoms with van der Waals surface area (Å²) in [7, 11) is 1.47. The number of cyclic esters (lactones) is 1. The second-order valence-electron chi connectivity index (χ2n) is 5.93. The van der Waals surface area contributed by atoms with Gasteiger partial charge in [-0.15, -0.1) is 0 Å². The number of hydrogen-bond acceptors (Lipinski definition) is 7. The number of phenolic OH excluding ortho intramolecular Hbond substituents is 1. The Morgan fingerprint density at radius 2 is 2.19 bits per heavy atom. The Morgan fingerprint density at radius 3 is 2.88 bits per heavy atom. The standard InChI is InChI=1S/C18H22N2O5S/c1-11-15(24-2)7-14(21)13-10-26-9-12(8-19)20-16(22)5-3-4-6-25-18(23)17(11)13/h7,12,21H,3-6,9-10H2,1-2H3,(H,20,22)/t12-/m1/s1. The van der Waals surface area contributed by atoms with Gasteiger partial charge in [-0.2, -0.15) is 17.0 Å². The van der Waals surface area contributed by atoms with E-state index in [9.17, 15) is 20.0 Å². The number of aromatic hydroxyl groups is 1. The van der Waals surface area contributed by atoms with E-state index >= 15 is 0 Å². The van der Waals surface area contributed by atoms with Crippen molar-refractivity contribution in [3.8, 4) is 17.6 Å². The Morgan fingerprint density at radius 1 is 1.42 bits per heavy atom. The number of carbonyl (C=O) groups is 2. The van der Waals surface area contributed by atoms with Crippen LogP contribution in [0.5, 0.6) is 11.5 Å². The van der Waals surface area contributed by atoms with Crippen molar-refractivity contribution < 1.29 is 24.2 Å². The molecule has 0 bridgehead atoms. The third-order valence-electron chi connectivity index (χ3n) is 4.10. The zero-order chi connectivity index (χ0) is 19.1. The molecule has 0 spiro atoms. The van der Waals surface area contributed by atoms with Crippen LogP contribution in [-0.4, -0.2) is 42.5 Å². The number of carbonyl (C=O) groups excluding carboxylic acids is 2. The van der Waals surface area contributed by atoms with E-state index in [2.05, 4.69) is 11.4 Å². The lowest BCUT2D eigenvalue weighted by molar-refractivity contribution is -0.121. The minimum absolute atomic E-state index is 0.0588. The van der Waals surface area contributed by atoms with Crippen LogP contribution in [0.2, 0.25) is 0 Å². The van der Waals surface area contributed by atoms with E-state index in [1.165, 1.54) is 24.9 Å². The quantitative estimate of drug-likeness (QED) is 0.722. The van der Waals surface area contributed by atoms with Gasteiger partial charge in [-0.3, -0.25) is 4.79 Å². The van der Waals surface area contributed by atoms with Gasteiger partial charge in [0.2, 0.25) is 5.91 Å². The van der Waals surface area contributed by atoms with E-state index in [0.717, 1.165) is 0 Å². The predicted molar refractivity (Wildman–Crippen MR) is 97.2 cm³/mol. The number of nitriles is 1. The van der Waals surface area contributed by atoms with Crippen LogP contribution in [0, 0.1) is 18.3 Å². The molecular weight excluding hydrogens is 356 g/mol. The summed E-state index contributed by atoms with van der Waals surface area (Å²) in [5.41, 5.74) is 1.34. The SMILES string of the molecule is COc1cc(O)c2c(c1C)C(=O)OCCCCC(=O)N[C@H](C#N)CSC2. The number of rotatable bonds is 1. The number of thioether (sulfide) groups is 1. The molecule has 140 valence electrons. The lowest BCUT2D eigenvalue weighted by Crippen LogP contribution is -2.35. The minimum atomic E-state index is -0.618. The Kier molecular flexibility index (Phi) is 7.16. The van der Waals surface area contributed by atoms with Gasteiger partial charge in [-0.05, 0) is 19.8 Å². The Labute approximate surface area is 156 Å². The van der Waals surface area contributed by atoms with Crippen LogP contribution in [0.25, 0.3) is 0 Å². The lowest BCUT2D eigenvalue weighted by Gasteiger charge is -2.18. The topological polar surface area (TPSA) is 109 Å². The highest BCUT2D eigenvalue weighted by Gasteiger charge is 2.23. The second kappa shape index (κ2) is 9.34. The molecule has 26 heavy (non-hydrogen) atoms. The van der Waals surface area contributed by atoms with Crippen molar-refractivity contribution in [3.63, 3.8) is 0 Å². The van der Waals surface area contributed by atoms with E-state index in [1.807, 2.05) is 0 Å². The second-order valence-corrected chi connectivity index (χ2v) is 6.96. The average molecular weight is 378 g/mol. The first-order valence-corrected chi connectivity index (χ1v) is 9.46. The fraction of sp³-hybridized carbons (Fsp3) is 0.500. The number of amides is 1. The zero-order valence-corrected chi connectivity index (χ0v) is 15.6. The number of hydrogen-bond donors (Lipinski definition) is 2. The summed E-state index contributed by atoms with van der Waals surface area (Å²) in [6.45, 7) is 1.92. The van der Waals surface area contributed by atoms with Gasteiger partial charge in [-0.1, -0.05) is 0 Å². The molecule has 2 N–H and O–H groups in total. The number of esters is 1. The van der Waals surface area contributed by atoms with Gasteiger partial charge >= 0.3 is 5.97 Å². The molecule has 1 heterocycles. The van der Waals surface area contributed by atoms with Crippen LogP contribution in [0.1, 0.15) is 40.7 Å². The van der Waals surface area contributed by atoms with Gasteiger partial charge in [0.15, 0.2) is 0 Å². The molecule has 1 aromatic carbocycles. The highest BCUT2D eigenvalue weighted by atomic mass is 32.2. The maximum Gasteiger partial charge on any atom is 0.338 e. The van der Waals surface area contributed by atoms with Crippen LogP contribution < -0.4 is 10.1 Å². The predicted octanol–water partition coefficient (Wildman–Crippen LogP) is 2.29. The zero-order valence-electron chi connectivity index (χ0n) is 14.8. The molecule has 2 rings (SSSR count). The molecule has 1 amide bonds. The van der Waals surface area contributed by atoms with Gasteiger partial charge in [0, 0.05) is 35.1 Å². The average Bonchev–Trinajstić information content (AvgIpc) is 2.62. The van der Waals surface area contributed by atoms with E-state index in [0.29, 0.717) is 46.8 Å². The summed E-state index contributed by atoms with van der Waals surface area (Å²) in [5, 5.41) is 22.2. The van der Waals surface area contributed by atoms with E-state index in [4.69, 9.17) is 9.47 Å². The van der Waals surface area contributed by atoms with Crippen LogP contribution >= 0.6 is 11.8 Å². The van der Waals surface area contributed by atoms with Gasteiger partial charge in [0.05, 0.1) is 25.3 Å².